The van der Waals surface area contributed by atoms with Crippen LogP contribution in [0.15, 0.2) is 18.2 Å². The quantitative estimate of drug-likeness (QED) is 0.841. The van der Waals surface area contributed by atoms with Gasteiger partial charge in [-0.15, -0.1) is 0 Å². The number of benzene rings is 1. The van der Waals surface area contributed by atoms with Crippen molar-refractivity contribution >= 4 is 28.6 Å². The Morgan fingerprint density at radius 1 is 1.56 bits per heavy atom. The van der Waals surface area contributed by atoms with Crippen molar-refractivity contribution in [3.8, 4) is 5.75 Å². The first kappa shape index (κ1) is 13.3. The summed E-state index contributed by atoms with van der Waals surface area (Å²) in [5.41, 5.74) is 1.08. The molecular weight excluding hydrogens is 319 g/mol. The van der Waals surface area contributed by atoms with E-state index in [1.54, 1.807) is 7.11 Å². The molecule has 3 nitrogen and oxygen atoms in total. The van der Waals surface area contributed by atoms with Crippen LogP contribution in [0.2, 0.25) is 0 Å². The highest BCUT2D eigenvalue weighted by molar-refractivity contribution is 14.1. The lowest BCUT2D eigenvalue weighted by Gasteiger charge is -2.15. The van der Waals surface area contributed by atoms with Crippen molar-refractivity contribution in [2.75, 3.05) is 7.11 Å². The number of carboxylic acid groups (broad SMARTS) is 1. The Morgan fingerprint density at radius 2 is 2.25 bits per heavy atom. The Morgan fingerprint density at radius 3 is 2.81 bits per heavy atom. The number of methoxy groups -OCH3 is 1. The van der Waals surface area contributed by atoms with Crippen LogP contribution in [-0.4, -0.2) is 18.2 Å². The van der Waals surface area contributed by atoms with Crippen LogP contribution < -0.4 is 4.74 Å². The summed E-state index contributed by atoms with van der Waals surface area (Å²) < 4.78 is 6.41. The highest BCUT2D eigenvalue weighted by Crippen LogP contribution is 2.30. The van der Waals surface area contributed by atoms with E-state index in [1.165, 1.54) is 0 Å². The SMILES string of the molecule is COc1ccc(I)cc1C(C)CCC(=O)O. The highest BCUT2D eigenvalue weighted by Gasteiger charge is 2.13. The van der Waals surface area contributed by atoms with Gasteiger partial charge in [0.05, 0.1) is 7.11 Å². The van der Waals surface area contributed by atoms with Gasteiger partial charge < -0.3 is 9.84 Å². The molecule has 0 aliphatic carbocycles. The van der Waals surface area contributed by atoms with Gasteiger partial charge in [0.25, 0.3) is 0 Å². The summed E-state index contributed by atoms with van der Waals surface area (Å²) in [5.74, 6) is 0.274. The number of hydrogen-bond acceptors (Lipinski definition) is 2. The Bertz CT molecular complexity index is 377. The number of aliphatic carboxylic acids is 1. The van der Waals surface area contributed by atoms with Crippen LogP contribution in [0.25, 0.3) is 0 Å². The molecule has 1 aromatic carbocycles. The largest absolute Gasteiger partial charge is 0.496 e. The van der Waals surface area contributed by atoms with E-state index in [0.717, 1.165) is 14.9 Å². The molecule has 1 N–H and O–H groups in total. The monoisotopic (exact) mass is 334 g/mol. The third-order valence-corrected chi connectivity index (χ3v) is 3.18. The fraction of sp³-hybridized carbons (Fsp3) is 0.417. The highest BCUT2D eigenvalue weighted by atomic mass is 127. The third kappa shape index (κ3) is 3.66. The van der Waals surface area contributed by atoms with Crippen molar-refractivity contribution in [3.63, 3.8) is 0 Å². The summed E-state index contributed by atoms with van der Waals surface area (Å²) in [5, 5.41) is 8.66. The summed E-state index contributed by atoms with van der Waals surface area (Å²) in [6, 6.07) is 5.95. The lowest BCUT2D eigenvalue weighted by Crippen LogP contribution is -2.02. The Labute approximate surface area is 109 Å². The van der Waals surface area contributed by atoms with E-state index < -0.39 is 5.97 Å². The van der Waals surface area contributed by atoms with Crippen LogP contribution in [0.1, 0.15) is 31.2 Å². The van der Waals surface area contributed by atoms with Gasteiger partial charge in [0.15, 0.2) is 0 Å². The molecule has 0 aliphatic heterocycles. The van der Waals surface area contributed by atoms with Crippen molar-refractivity contribution in [2.45, 2.75) is 25.7 Å². The maximum absolute atomic E-state index is 10.5. The second-order valence-electron chi connectivity index (χ2n) is 3.72. The topological polar surface area (TPSA) is 46.5 Å². The van der Waals surface area contributed by atoms with Gasteiger partial charge in [0.1, 0.15) is 5.75 Å². The fourth-order valence-corrected chi connectivity index (χ4v) is 2.10. The predicted molar refractivity (Wildman–Crippen MR) is 71.0 cm³/mol. The average molecular weight is 334 g/mol. The van der Waals surface area contributed by atoms with Crippen molar-refractivity contribution in [1.82, 2.24) is 0 Å². The van der Waals surface area contributed by atoms with E-state index in [9.17, 15) is 4.79 Å². The van der Waals surface area contributed by atoms with E-state index in [-0.39, 0.29) is 12.3 Å². The number of ether oxygens (including phenoxy) is 1. The van der Waals surface area contributed by atoms with Crippen LogP contribution in [-0.2, 0) is 4.79 Å². The minimum atomic E-state index is -0.753. The van der Waals surface area contributed by atoms with Gasteiger partial charge in [-0.1, -0.05) is 6.92 Å². The second kappa shape index (κ2) is 6.08. The Hall–Kier alpha value is -0.780. The molecule has 0 amide bonds. The lowest BCUT2D eigenvalue weighted by molar-refractivity contribution is -0.137. The molecule has 0 saturated carbocycles. The summed E-state index contributed by atoms with van der Waals surface area (Å²) in [6.45, 7) is 2.02. The van der Waals surface area contributed by atoms with Gasteiger partial charge >= 0.3 is 5.97 Å². The van der Waals surface area contributed by atoms with E-state index in [4.69, 9.17) is 9.84 Å². The Balaban J connectivity index is 2.84. The van der Waals surface area contributed by atoms with Crippen molar-refractivity contribution in [3.05, 3.63) is 27.3 Å². The molecule has 0 radical (unpaired) electrons. The van der Waals surface area contributed by atoms with E-state index in [2.05, 4.69) is 22.6 Å². The van der Waals surface area contributed by atoms with Gasteiger partial charge in [-0.3, -0.25) is 4.79 Å². The fourth-order valence-electron chi connectivity index (χ4n) is 1.59. The van der Waals surface area contributed by atoms with Gasteiger partial charge in [-0.25, -0.2) is 0 Å². The first-order chi connectivity index (χ1) is 7.54. The van der Waals surface area contributed by atoms with Crippen LogP contribution in [0, 0.1) is 3.57 Å². The summed E-state index contributed by atoms with van der Waals surface area (Å²) in [4.78, 5) is 10.5. The van der Waals surface area contributed by atoms with Gasteiger partial charge in [0, 0.05) is 9.99 Å². The summed E-state index contributed by atoms with van der Waals surface area (Å²) in [6.07, 6.45) is 0.821. The molecule has 16 heavy (non-hydrogen) atoms. The molecule has 0 aliphatic rings. The van der Waals surface area contributed by atoms with E-state index in [1.807, 2.05) is 25.1 Å². The zero-order valence-corrected chi connectivity index (χ0v) is 11.5. The molecule has 0 saturated heterocycles. The van der Waals surface area contributed by atoms with Crippen molar-refractivity contribution < 1.29 is 14.6 Å². The number of halogens is 1. The number of carbonyl (C=O) groups is 1. The lowest BCUT2D eigenvalue weighted by atomic mass is 9.95. The summed E-state index contributed by atoms with van der Waals surface area (Å²) in [7, 11) is 1.63. The number of hydrogen-bond donors (Lipinski definition) is 1. The molecule has 1 rings (SSSR count). The third-order valence-electron chi connectivity index (χ3n) is 2.51. The average Bonchev–Trinajstić information content (AvgIpc) is 2.25. The molecule has 1 aromatic rings. The van der Waals surface area contributed by atoms with Crippen LogP contribution in [0.5, 0.6) is 5.75 Å². The molecule has 0 heterocycles. The predicted octanol–water partition coefficient (Wildman–Crippen LogP) is 3.27. The molecule has 1 atom stereocenters. The molecule has 4 heteroatoms. The molecule has 88 valence electrons. The van der Waals surface area contributed by atoms with Crippen LogP contribution in [0.3, 0.4) is 0 Å². The standard InChI is InChI=1S/C12H15IO3/c1-8(3-6-12(14)15)10-7-9(13)4-5-11(10)16-2/h4-5,7-8H,3,6H2,1-2H3,(H,14,15). The van der Waals surface area contributed by atoms with E-state index in [0.29, 0.717) is 6.42 Å². The van der Waals surface area contributed by atoms with Crippen molar-refractivity contribution in [2.24, 2.45) is 0 Å². The second-order valence-corrected chi connectivity index (χ2v) is 4.97. The minimum Gasteiger partial charge on any atom is -0.496 e. The number of rotatable bonds is 5. The van der Waals surface area contributed by atoms with Crippen LogP contribution in [0.4, 0.5) is 0 Å². The maximum atomic E-state index is 10.5. The molecule has 0 aromatic heterocycles. The first-order valence-corrected chi connectivity index (χ1v) is 6.17. The molecule has 0 bridgehead atoms. The number of carboxylic acids is 1. The molecule has 1 unspecified atom stereocenters. The van der Waals surface area contributed by atoms with Gasteiger partial charge in [-0.05, 0) is 58.7 Å². The zero-order chi connectivity index (χ0) is 12.1. The first-order valence-electron chi connectivity index (χ1n) is 5.09. The zero-order valence-electron chi connectivity index (χ0n) is 9.37. The Kier molecular flexibility index (Phi) is 5.05. The van der Waals surface area contributed by atoms with Gasteiger partial charge in [-0.2, -0.15) is 0 Å². The molecule has 0 spiro atoms. The van der Waals surface area contributed by atoms with Crippen molar-refractivity contribution in [1.29, 1.82) is 0 Å². The molecular formula is C12H15IO3. The summed E-state index contributed by atoms with van der Waals surface area (Å²) >= 11 is 2.24. The smallest absolute Gasteiger partial charge is 0.303 e. The van der Waals surface area contributed by atoms with E-state index >= 15 is 0 Å². The normalized spacial score (nSPS) is 12.2. The van der Waals surface area contributed by atoms with Gasteiger partial charge in [0.2, 0.25) is 0 Å². The minimum absolute atomic E-state index is 0.190. The van der Waals surface area contributed by atoms with Crippen LogP contribution >= 0.6 is 22.6 Å². The maximum Gasteiger partial charge on any atom is 0.303 e. The molecule has 0 fully saturated rings.